The highest BCUT2D eigenvalue weighted by molar-refractivity contribution is 6.07. The molecule has 4 N–H and O–H groups in total. The molecule has 12 nitrogen and oxygen atoms in total. The summed E-state index contributed by atoms with van der Waals surface area (Å²) in [5.74, 6) is 2.78. The number of carbonyl (C=O) groups excluding carboxylic acids is 2. The third-order valence-electron chi connectivity index (χ3n) is 10.9. The standard InChI is InChI=1S/C39H45N7O5/c1-20(2)34(45-39(48)50-5)38(47)46-21(3)6-11-32(46)37-42-29-10-8-23-14-28-26-9-7-24(13-25(26)19-51-33(28)15-27(23)35(29)44-37)31-17-41-36(43-31)30-12-22(16-40-30)18-49-4/h7-10,13-15,17,20-22,30,32,34,40H,6,11-12,16,18-19H2,1-5H3,(H,41,43)(H,42,44)(H,45,48)/t21-,22-,30-,32?,34-/m0/s1. The Balaban J connectivity index is 1.07. The van der Waals surface area contributed by atoms with Crippen LogP contribution in [0.5, 0.6) is 5.75 Å². The van der Waals surface area contributed by atoms with E-state index in [2.05, 4.69) is 70.0 Å². The SMILES string of the molecule is COC[C@@H]1CN[C@H](c2ncc(-c3ccc4c(c3)COc3cc5c(ccc6[nH]c(C7CC[C@H](C)N7C(=O)[C@@H](NC(=O)OC)C(C)C)nc65)cc3-4)[nH]2)C1. The van der Waals surface area contributed by atoms with Crippen molar-refractivity contribution in [1.29, 1.82) is 0 Å². The topological polar surface area (TPSA) is 146 Å². The molecule has 0 spiro atoms. The molecule has 5 aromatic rings. The van der Waals surface area contributed by atoms with E-state index in [1.807, 2.05) is 24.9 Å². The number of H-pyrrole nitrogens is 2. The molecule has 2 saturated heterocycles. The van der Waals surface area contributed by atoms with E-state index in [4.69, 9.17) is 24.2 Å². The lowest BCUT2D eigenvalue weighted by Gasteiger charge is -2.32. The Morgan fingerprint density at radius 2 is 1.92 bits per heavy atom. The van der Waals surface area contributed by atoms with Crippen LogP contribution in [0.25, 0.3) is 44.2 Å². The van der Waals surface area contributed by atoms with Crippen LogP contribution in [0.1, 0.15) is 69.3 Å². The first kappa shape index (κ1) is 33.2. The van der Waals surface area contributed by atoms with Gasteiger partial charge in [-0.1, -0.05) is 32.0 Å². The van der Waals surface area contributed by atoms with Crippen molar-refractivity contribution in [3.63, 3.8) is 0 Å². The molecule has 0 aliphatic carbocycles. The summed E-state index contributed by atoms with van der Waals surface area (Å²) in [6.45, 7) is 8.04. The molecule has 0 bridgehead atoms. The lowest BCUT2D eigenvalue weighted by Crippen LogP contribution is -2.52. The van der Waals surface area contributed by atoms with Crippen LogP contribution in [0.2, 0.25) is 0 Å². The fraction of sp³-hybridized carbons (Fsp3) is 0.436. The predicted octanol–water partition coefficient (Wildman–Crippen LogP) is 6.40. The number of alkyl carbamates (subject to hydrolysis) is 1. The Morgan fingerprint density at radius 3 is 2.73 bits per heavy atom. The van der Waals surface area contributed by atoms with Gasteiger partial charge < -0.3 is 39.7 Å². The molecule has 2 fully saturated rings. The Bertz CT molecular complexity index is 2120. The van der Waals surface area contributed by atoms with Gasteiger partial charge in [-0.3, -0.25) is 4.79 Å². The van der Waals surface area contributed by atoms with Crippen LogP contribution in [0.3, 0.4) is 0 Å². The molecule has 12 heteroatoms. The van der Waals surface area contributed by atoms with Crippen molar-refractivity contribution in [2.75, 3.05) is 27.4 Å². The average molecular weight is 692 g/mol. The molecule has 3 aliphatic heterocycles. The number of fused-ring (bicyclic) bond motifs is 6. The summed E-state index contributed by atoms with van der Waals surface area (Å²) >= 11 is 0. The third-order valence-corrected chi connectivity index (χ3v) is 10.9. The number of aromatic nitrogens is 4. The summed E-state index contributed by atoms with van der Waals surface area (Å²) in [6, 6.07) is 14.2. The minimum absolute atomic E-state index is 0.00243. The second kappa shape index (κ2) is 13.3. The number of amides is 2. The van der Waals surface area contributed by atoms with Gasteiger partial charge in [-0.25, -0.2) is 14.8 Å². The number of benzene rings is 3. The van der Waals surface area contributed by atoms with Crippen molar-refractivity contribution in [2.24, 2.45) is 11.8 Å². The molecule has 3 aromatic carbocycles. The number of imidazole rings is 2. The zero-order chi connectivity index (χ0) is 35.4. The monoisotopic (exact) mass is 691 g/mol. The first-order valence-electron chi connectivity index (χ1n) is 17.9. The summed E-state index contributed by atoms with van der Waals surface area (Å²) in [5, 5.41) is 8.36. The van der Waals surface area contributed by atoms with Gasteiger partial charge in [0.25, 0.3) is 0 Å². The van der Waals surface area contributed by atoms with E-state index in [1.165, 1.54) is 7.11 Å². The first-order chi connectivity index (χ1) is 24.7. The van der Waals surface area contributed by atoms with E-state index in [9.17, 15) is 9.59 Å². The molecule has 266 valence electrons. The Morgan fingerprint density at radius 1 is 1.06 bits per heavy atom. The molecule has 51 heavy (non-hydrogen) atoms. The fourth-order valence-electron chi connectivity index (χ4n) is 8.16. The van der Waals surface area contributed by atoms with Crippen molar-refractivity contribution in [3.05, 3.63) is 65.9 Å². The summed E-state index contributed by atoms with van der Waals surface area (Å²) in [5.41, 5.74) is 7.14. The number of hydrogen-bond donors (Lipinski definition) is 4. The highest BCUT2D eigenvalue weighted by Crippen LogP contribution is 2.43. The Labute approximate surface area is 296 Å². The molecule has 5 heterocycles. The van der Waals surface area contributed by atoms with Gasteiger partial charge in [0.1, 0.15) is 30.0 Å². The molecule has 8 rings (SSSR count). The van der Waals surface area contributed by atoms with Gasteiger partial charge in [-0.15, -0.1) is 0 Å². The number of aromatic amines is 2. The summed E-state index contributed by atoms with van der Waals surface area (Å²) < 4.78 is 16.6. The zero-order valence-electron chi connectivity index (χ0n) is 29.7. The second-order valence-corrected chi connectivity index (χ2v) is 14.6. The molecule has 0 radical (unpaired) electrons. The quantitative estimate of drug-likeness (QED) is 0.146. The summed E-state index contributed by atoms with van der Waals surface area (Å²) in [4.78, 5) is 44.8. The number of nitrogens with one attached hydrogen (secondary N) is 4. The third kappa shape index (κ3) is 5.99. The van der Waals surface area contributed by atoms with Gasteiger partial charge >= 0.3 is 6.09 Å². The van der Waals surface area contributed by atoms with Crippen LogP contribution >= 0.6 is 0 Å². The number of methoxy groups -OCH3 is 2. The largest absolute Gasteiger partial charge is 0.488 e. The van der Waals surface area contributed by atoms with E-state index in [0.717, 1.165) is 99.6 Å². The fourth-order valence-corrected chi connectivity index (χ4v) is 8.16. The summed E-state index contributed by atoms with van der Waals surface area (Å²) in [7, 11) is 3.06. The lowest BCUT2D eigenvalue weighted by molar-refractivity contribution is -0.137. The van der Waals surface area contributed by atoms with Gasteiger partial charge in [0.05, 0.1) is 48.7 Å². The Hall–Kier alpha value is -4.94. The van der Waals surface area contributed by atoms with Crippen molar-refractivity contribution >= 4 is 33.8 Å². The van der Waals surface area contributed by atoms with E-state index < -0.39 is 12.1 Å². The first-order valence-corrected chi connectivity index (χ1v) is 17.9. The highest BCUT2D eigenvalue weighted by Gasteiger charge is 2.41. The molecule has 5 atom stereocenters. The predicted molar refractivity (Wildman–Crippen MR) is 194 cm³/mol. The van der Waals surface area contributed by atoms with Crippen LogP contribution in [0.15, 0.2) is 48.7 Å². The zero-order valence-corrected chi connectivity index (χ0v) is 29.7. The van der Waals surface area contributed by atoms with Gasteiger partial charge in [0.15, 0.2) is 0 Å². The maximum Gasteiger partial charge on any atom is 0.407 e. The minimum atomic E-state index is -0.700. The number of likely N-dealkylation sites (tertiary alicyclic amines) is 1. The normalized spacial score (nSPS) is 21.9. The number of rotatable bonds is 8. The smallest absolute Gasteiger partial charge is 0.407 e. The van der Waals surface area contributed by atoms with Crippen LogP contribution in [0, 0.1) is 11.8 Å². The number of hydrogen-bond acceptors (Lipinski definition) is 8. The Kier molecular flexibility index (Phi) is 8.67. The number of nitrogens with zero attached hydrogens (tertiary/aromatic N) is 3. The molecule has 2 amide bonds. The van der Waals surface area contributed by atoms with Crippen LogP contribution in [0.4, 0.5) is 4.79 Å². The van der Waals surface area contributed by atoms with Gasteiger partial charge in [0.2, 0.25) is 5.91 Å². The number of ether oxygens (including phenoxy) is 3. The minimum Gasteiger partial charge on any atom is -0.488 e. The van der Waals surface area contributed by atoms with E-state index in [0.29, 0.717) is 12.5 Å². The van der Waals surface area contributed by atoms with Crippen molar-refractivity contribution in [3.8, 4) is 28.1 Å². The van der Waals surface area contributed by atoms with E-state index in [-0.39, 0.29) is 30.0 Å². The molecular formula is C39H45N7O5. The van der Waals surface area contributed by atoms with Crippen LogP contribution in [-0.4, -0.2) is 76.3 Å². The van der Waals surface area contributed by atoms with Crippen molar-refractivity contribution < 1.29 is 23.8 Å². The lowest BCUT2D eigenvalue weighted by atomic mass is 9.92. The van der Waals surface area contributed by atoms with Crippen LogP contribution in [-0.2, 0) is 20.9 Å². The molecule has 3 aliphatic rings. The van der Waals surface area contributed by atoms with Crippen molar-refractivity contribution in [1.82, 2.24) is 35.5 Å². The molecular weight excluding hydrogens is 646 g/mol. The maximum atomic E-state index is 13.9. The van der Waals surface area contributed by atoms with Crippen molar-refractivity contribution in [2.45, 2.75) is 70.8 Å². The van der Waals surface area contributed by atoms with Crippen LogP contribution < -0.4 is 15.4 Å². The highest BCUT2D eigenvalue weighted by atomic mass is 16.5. The maximum absolute atomic E-state index is 13.9. The van der Waals surface area contributed by atoms with Gasteiger partial charge in [0, 0.05) is 30.6 Å². The van der Waals surface area contributed by atoms with E-state index in [1.54, 1.807) is 7.11 Å². The van der Waals surface area contributed by atoms with E-state index >= 15 is 0 Å². The number of carbonyl (C=O) groups is 2. The molecule has 2 aromatic heterocycles. The summed E-state index contributed by atoms with van der Waals surface area (Å²) in [6.07, 6.45) is 3.92. The molecule has 0 saturated carbocycles. The van der Waals surface area contributed by atoms with Gasteiger partial charge in [-0.05, 0) is 84.4 Å². The molecule has 1 unspecified atom stereocenters. The average Bonchev–Trinajstić information content (AvgIpc) is 3.95. The second-order valence-electron chi connectivity index (χ2n) is 14.6. The van der Waals surface area contributed by atoms with Gasteiger partial charge in [-0.2, -0.15) is 0 Å².